The van der Waals surface area contributed by atoms with Gasteiger partial charge in [0, 0.05) is 12.1 Å². The van der Waals surface area contributed by atoms with Gasteiger partial charge in [-0.3, -0.25) is 4.79 Å². The van der Waals surface area contributed by atoms with E-state index in [9.17, 15) is 4.79 Å². The van der Waals surface area contributed by atoms with Gasteiger partial charge in [-0.15, -0.1) is 0 Å². The molecule has 2 rings (SSSR count). The fourth-order valence-corrected chi connectivity index (χ4v) is 1.85. The van der Waals surface area contributed by atoms with Crippen LogP contribution in [0.25, 0.3) is 0 Å². The van der Waals surface area contributed by atoms with Gasteiger partial charge in [0.25, 0.3) is 0 Å². The second kappa shape index (κ2) is 3.75. The predicted octanol–water partition coefficient (Wildman–Crippen LogP) is 2.08. The van der Waals surface area contributed by atoms with Crippen LogP contribution in [0.4, 0.5) is 0 Å². The maximum atomic E-state index is 11.3. The van der Waals surface area contributed by atoms with E-state index in [1.54, 1.807) is 11.3 Å². The number of hydrogen-bond donors (Lipinski definition) is 1. The van der Waals surface area contributed by atoms with E-state index in [0.29, 0.717) is 6.54 Å². The van der Waals surface area contributed by atoms with E-state index < -0.39 is 0 Å². The highest BCUT2D eigenvalue weighted by molar-refractivity contribution is 7.07. The van der Waals surface area contributed by atoms with Crippen LogP contribution in [0.1, 0.15) is 18.4 Å². The molecule has 0 saturated heterocycles. The minimum Gasteiger partial charge on any atom is -0.348 e. The number of rotatable bonds is 3. The molecule has 1 aliphatic rings. The second-order valence-electron chi connectivity index (χ2n) is 3.08. The zero-order valence-corrected chi connectivity index (χ0v) is 8.06. The summed E-state index contributed by atoms with van der Waals surface area (Å²) in [6.45, 7) is 0.652. The highest BCUT2D eigenvalue weighted by Gasteiger charge is 2.13. The molecular formula is C10H11NOS. The Bertz CT molecular complexity index is 327. The van der Waals surface area contributed by atoms with Gasteiger partial charge in [-0.05, 0) is 35.2 Å². The first-order valence-corrected chi connectivity index (χ1v) is 5.29. The number of nitrogens with one attached hydrogen (secondary N) is 1. The van der Waals surface area contributed by atoms with Crippen molar-refractivity contribution >= 4 is 17.2 Å². The van der Waals surface area contributed by atoms with Crippen molar-refractivity contribution < 1.29 is 4.79 Å². The first-order valence-electron chi connectivity index (χ1n) is 4.34. The number of amides is 1. The first-order chi connectivity index (χ1) is 6.36. The maximum absolute atomic E-state index is 11.3. The van der Waals surface area contributed by atoms with Crippen LogP contribution < -0.4 is 5.32 Å². The van der Waals surface area contributed by atoms with Gasteiger partial charge in [0.05, 0.1) is 0 Å². The Morgan fingerprint density at radius 3 is 3.00 bits per heavy atom. The van der Waals surface area contributed by atoms with Crippen LogP contribution in [0.15, 0.2) is 28.5 Å². The van der Waals surface area contributed by atoms with Crippen LogP contribution in [0.5, 0.6) is 0 Å². The van der Waals surface area contributed by atoms with Crippen molar-refractivity contribution in [3.05, 3.63) is 34.0 Å². The minimum absolute atomic E-state index is 0.0949. The average Bonchev–Trinajstić information content (AvgIpc) is 2.49. The SMILES string of the molecule is O=C(NCc1ccsc1)C1=CCC1. The Morgan fingerprint density at radius 2 is 2.46 bits per heavy atom. The van der Waals surface area contributed by atoms with Crippen LogP contribution in [0.3, 0.4) is 0 Å². The zero-order valence-electron chi connectivity index (χ0n) is 7.25. The van der Waals surface area contributed by atoms with Crippen molar-refractivity contribution in [3.63, 3.8) is 0 Å². The summed E-state index contributed by atoms with van der Waals surface area (Å²) in [5.41, 5.74) is 2.12. The van der Waals surface area contributed by atoms with Gasteiger partial charge in [-0.2, -0.15) is 11.3 Å². The van der Waals surface area contributed by atoms with Gasteiger partial charge in [0.2, 0.25) is 5.91 Å². The smallest absolute Gasteiger partial charge is 0.247 e. The number of carbonyl (C=O) groups excluding carboxylic acids is 1. The molecule has 1 N–H and O–H groups in total. The van der Waals surface area contributed by atoms with Crippen molar-refractivity contribution in [3.8, 4) is 0 Å². The molecule has 0 radical (unpaired) electrons. The van der Waals surface area contributed by atoms with Crippen LogP contribution in [-0.4, -0.2) is 5.91 Å². The van der Waals surface area contributed by atoms with E-state index in [-0.39, 0.29) is 5.91 Å². The topological polar surface area (TPSA) is 29.1 Å². The molecule has 0 unspecified atom stereocenters. The van der Waals surface area contributed by atoms with Crippen molar-refractivity contribution in [1.82, 2.24) is 5.32 Å². The largest absolute Gasteiger partial charge is 0.348 e. The van der Waals surface area contributed by atoms with E-state index in [1.165, 1.54) is 5.56 Å². The maximum Gasteiger partial charge on any atom is 0.247 e. The van der Waals surface area contributed by atoms with E-state index in [1.807, 2.05) is 17.5 Å². The molecular weight excluding hydrogens is 182 g/mol. The van der Waals surface area contributed by atoms with Crippen molar-refractivity contribution in [2.45, 2.75) is 19.4 Å². The summed E-state index contributed by atoms with van der Waals surface area (Å²) in [5, 5.41) is 6.96. The third-order valence-corrected chi connectivity index (χ3v) is 2.86. The Morgan fingerprint density at radius 1 is 1.62 bits per heavy atom. The predicted molar refractivity (Wildman–Crippen MR) is 53.5 cm³/mol. The molecule has 0 fully saturated rings. The third-order valence-electron chi connectivity index (χ3n) is 2.13. The van der Waals surface area contributed by atoms with Gasteiger partial charge < -0.3 is 5.32 Å². The molecule has 0 atom stereocenters. The van der Waals surface area contributed by atoms with Crippen LogP contribution in [0.2, 0.25) is 0 Å². The van der Waals surface area contributed by atoms with Crippen LogP contribution in [0, 0.1) is 0 Å². The van der Waals surface area contributed by atoms with Gasteiger partial charge in [0.15, 0.2) is 0 Å². The number of allylic oxidation sites excluding steroid dienone is 1. The summed E-state index contributed by atoms with van der Waals surface area (Å²) in [7, 11) is 0. The molecule has 3 heteroatoms. The molecule has 1 aliphatic carbocycles. The van der Waals surface area contributed by atoms with Crippen molar-refractivity contribution in [2.24, 2.45) is 0 Å². The van der Waals surface area contributed by atoms with Gasteiger partial charge >= 0.3 is 0 Å². The van der Waals surface area contributed by atoms with Crippen molar-refractivity contribution in [2.75, 3.05) is 0 Å². The molecule has 1 aromatic rings. The summed E-state index contributed by atoms with van der Waals surface area (Å²) in [5.74, 6) is 0.0949. The normalized spacial score (nSPS) is 14.6. The van der Waals surface area contributed by atoms with E-state index >= 15 is 0 Å². The zero-order chi connectivity index (χ0) is 9.10. The van der Waals surface area contributed by atoms with Gasteiger partial charge in [-0.25, -0.2) is 0 Å². The molecule has 0 bridgehead atoms. The highest BCUT2D eigenvalue weighted by Crippen LogP contribution is 2.17. The molecule has 1 heterocycles. The highest BCUT2D eigenvalue weighted by atomic mass is 32.1. The Labute approximate surface area is 81.3 Å². The van der Waals surface area contributed by atoms with Crippen molar-refractivity contribution in [1.29, 1.82) is 0 Å². The lowest BCUT2D eigenvalue weighted by Gasteiger charge is -2.13. The lowest BCUT2D eigenvalue weighted by Crippen LogP contribution is -2.26. The Balaban J connectivity index is 1.82. The first kappa shape index (κ1) is 8.51. The van der Waals surface area contributed by atoms with E-state index in [0.717, 1.165) is 18.4 Å². The summed E-state index contributed by atoms with van der Waals surface area (Å²) in [4.78, 5) is 11.3. The summed E-state index contributed by atoms with van der Waals surface area (Å²) >= 11 is 1.65. The summed E-state index contributed by atoms with van der Waals surface area (Å²) in [6, 6.07) is 2.03. The number of carbonyl (C=O) groups is 1. The molecule has 1 amide bonds. The standard InChI is InChI=1S/C10H11NOS/c12-10(9-2-1-3-9)11-6-8-4-5-13-7-8/h2,4-5,7H,1,3,6H2,(H,11,12). The molecule has 0 saturated carbocycles. The quantitative estimate of drug-likeness (QED) is 0.782. The molecule has 13 heavy (non-hydrogen) atoms. The minimum atomic E-state index is 0.0949. The van der Waals surface area contributed by atoms with Crippen LogP contribution in [-0.2, 0) is 11.3 Å². The molecule has 1 aromatic heterocycles. The van der Waals surface area contributed by atoms with E-state index in [2.05, 4.69) is 10.7 Å². The summed E-state index contributed by atoms with van der Waals surface area (Å²) < 4.78 is 0. The lowest BCUT2D eigenvalue weighted by molar-refractivity contribution is -0.118. The molecule has 0 spiro atoms. The fraction of sp³-hybridized carbons (Fsp3) is 0.300. The molecule has 0 aromatic carbocycles. The molecule has 0 aliphatic heterocycles. The van der Waals surface area contributed by atoms with Crippen LogP contribution >= 0.6 is 11.3 Å². The second-order valence-corrected chi connectivity index (χ2v) is 3.86. The van der Waals surface area contributed by atoms with E-state index in [4.69, 9.17) is 0 Å². The molecule has 68 valence electrons. The van der Waals surface area contributed by atoms with Gasteiger partial charge in [-0.1, -0.05) is 6.08 Å². The number of thiophene rings is 1. The molecule has 2 nitrogen and oxygen atoms in total. The lowest BCUT2D eigenvalue weighted by atomic mass is 9.98. The van der Waals surface area contributed by atoms with Gasteiger partial charge in [0.1, 0.15) is 0 Å². The average molecular weight is 193 g/mol. The third kappa shape index (κ3) is 1.98. The Kier molecular flexibility index (Phi) is 2.45. The number of hydrogen-bond acceptors (Lipinski definition) is 2. The summed E-state index contributed by atoms with van der Waals surface area (Å²) in [6.07, 6.45) is 3.99. The monoisotopic (exact) mass is 193 g/mol. The Hall–Kier alpha value is -1.09. The fourth-order valence-electron chi connectivity index (χ4n) is 1.18.